The molecule has 7 nitrogen and oxygen atoms in total. The molecule has 0 atom stereocenters. The number of halogens is 2. The maximum absolute atomic E-state index is 11.3. The third-order valence-electron chi connectivity index (χ3n) is 2.37. The molecular formula is C10H4Cl2N2O5. The van der Waals surface area contributed by atoms with E-state index in [0.29, 0.717) is 6.07 Å². The Bertz CT molecular complexity index is 831. The first-order valence-electron chi connectivity index (χ1n) is 4.75. The summed E-state index contributed by atoms with van der Waals surface area (Å²) >= 11 is 11.4. The van der Waals surface area contributed by atoms with Gasteiger partial charge in [-0.25, -0.2) is 0 Å². The van der Waals surface area contributed by atoms with Crippen molar-refractivity contribution in [1.82, 2.24) is 4.98 Å². The smallest absolute Gasteiger partial charge is 0.302 e. The third kappa shape index (κ3) is 2.13. The van der Waals surface area contributed by atoms with Crippen LogP contribution in [0.5, 0.6) is 5.75 Å². The Hall–Kier alpha value is -2.12. The summed E-state index contributed by atoms with van der Waals surface area (Å²) in [5, 5.41) is 19.8. The van der Waals surface area contributed by atoms with Crippen LogP contribution in [0.2, 0.25) is 10.0 Å². The summed E-state index contributed by atoms with van der Waals surface area (Å²) in [5.41, 5.74) is -2.94. The monoisotopic (exact) mass is 302 g/mol. The maximum atomic E-state index is 11.3. The van der Waals surface area contributed by atoms with Gasteiger partial charge in [-0.05, 0) is 6.07 Å². The van der Waals surface area contributed by atoms with Crippen molar-refractivity contribution in [2.24, 2.45) is 0 Å². The van der Waals surface area contributed by atoms with E-state index in [4.69, 9.17) is 23.2 Å². The van der Waals surface area contributed by atoms with Gasteiger partial charge in [0, 0.05) is 6.07 Å². The second-order valence-electron chi connectivity index (χ2n) is 3.55. The quantitative estimate of drug-likeness (QED) is 0.474. The molecule has 98 valence electrons. The van der Waals surface area contributed by atoms with Crippen LogP contribution in [0.1, 0.15) is 0 Å². The predicted molar refractivity (Wildman–Crippen MR) is 69.2 cm³/mol. The van der Waals surface area contributed by atoms with Gasteiger partial charge in [-0.1, -0.05) is 23.2 Å². The van der Waals surface area contributed by atoms with Gasteiger partial charge in [0.15, 0.2) is 0 Å². The number of hydrogen-bond acceptors (Lipinski definition) is 5. The van der Waals surface area contributed by atoms with E-state index < -0.39 is 32.4 Å². The van der Waals surface area contributed by atoms with Crippen LogP contribution < -0.4 is 11.0 Å². The van der Waals surface area contributed by atoms with E-state index >= 15 is 0 Å². The molecule has 19 heavy (non-hydrogen) atoms. The van der Waals surface area contributed by atoms with E-state index in [9.17, 15) is 24.8 Å². The normalized spacial score (nSPS) is 10.6. The van der Waals surface area contributed by atoms with Gasteiger partial charge >= 0.3 is 5.69 Å². The molecule has 9 heteroatoms. The average molecular weight is 303 g/mol. The topological polar surface area (TPSA) is 113 Å². The van der Waals surface area contributed by atoms with Gasteiger partial charge in [0.2, 0.25) is 5.43 Å². The molecule has 1 aromatic heterocycles. The van der Waals surface area contributed by atoms with Gasteiger partial charge in [0.05, 0.1) is 15.5 Å². The highest BCUT2D eigenvalue weighted by atomic mass is 35.5. The summed E-state index contributed by atoms with van der Waals surface area (Å²) in [7, 11) is 0. The molecule has 2 N–H and O–H groups in total. The number of nitrogens with zero attached hydrogens (tertiary/aromatic N) is 1. The lowest BCUT2D eigenvalue weighted by molar-refractivity contribution is -0.382. The van der Waals surface area contributed by atoms with Crippen LogP contribution in [0, 0.1) is 10.1 Å². The zero-order valence-corrected chi connectivity index (χ0v) is 10.4. The zero-order valence-electron chi connectivity index (χ0n) is 8.94. The maximum Gasteiger partial charge on any atom is 0.302 e. The van der Waals surface area contributed by atoms with Crippen LogP contribution in [0.4, 0.5) is 5.69 Å². The average Bonchev–Trinajstić information content (AvgIpc) is 2.40. The number of rotatable bonds is 1. The van der Waals surface area contributed by atoms with Gasteiger partial charge in [0.25, 0.3) is 5.56 Å². The lowest BCUT2D eigenvalue weighted by Gasteiger charge is -2.02. The van der Waals surface area contributed by atoms with Crippen molar-refractivity contribution in [1.29, 1.82) is 0 Å². The van der Waals surface area contributed by atoms with E-state index in [2.05, 4.69) is 4.98 Å². The molecule has 0 amide bonds. The second kappa shape index (κ2) is 4.52. The summed E-state index contributed by atoms with van der Waals surface area (Å²) in [4.78, 5) is 34.8. The summed E-state index contributed by atoms with van der Waals surface area (Å²) in [6.45, 7) is 0. The predicted octanol–water partition coefficient (Wildman–Crippen LogP) is 1.81. The van der Waals surface area contributed by atoms with Gasteiger partial charge in [-0.3, -0.25) is 19.7 Å². The zero-order chi connectivity index (χ0) is 14.3. The lowest BCUT2D eigenvalue weighted by Crippen LogP contribution is -2.22. The van der Waals surface area contributed by atoms with Gasteiger partial charge in [-0.15, -0.1) is 0 Å². The molecule has 1 heterocycles. The largest absolute Gasteiger partial charge is 0.507 e. The third-order valence-corrected chi connectivity index (χ3v) is 3.15. The molecule has 0 saturated carbocycles. The van der Waals surface area contributed by atoms with Crippen molar-refractivity contribution in [3.05, 3.63) is 52.9 Å². The molecule has 0 aliphatic heterocycles. The molecule has 0 saturated heterocycles. The molecule has 0 unspecified atom stereocenters. The summed E-state index contributed by atoms with van der Waals surface area (Å²) in [6, 6.07) is 1.70. The lowest BCUT2D eigenvalue weighted by atomic mass is 10.2. The molecule has 0 bridgehead atoms. The van der Waals surface area contributed by atoms with Gasteiger partial charge in [0.1, 0.15) is 16.2 Å². The molecule has 0 aliphatic rings. The van der Waals surface area contributed by atoms with Crippen molar-refractivity contribution in [3.8, 4) is 5.75 Å². The van der Waals surface area contributed by atoms with Crippen molar-refractivity contribution in [2.45, 2.75) is 0 Å². The SMILES string of the molecule is O=c1cc(O)c2c([N+](=O)[O-])c(Cl)c(Cl)cc2[nH]c1=O. The number of hydrogen-bond donors (Lipinski definition) is 2. The number of nitro benzene ring substituents is 1. The minimum absolute atomic E-state index is 0.161. The fourth-order valence-corrected chi connectivity index (χ4v) is 2.00. The highest BCUT2D eigenvalue weighted by Gasteiger charge is 2.23. The van der Waals surface area contributed by atoms with Crippen molar-refractivity contribution < 1.29 is 10.0 Å². The Morgan fingerprint density at radius 3 is 2.47 bits per heavy atom. The number of aromatic amines is 1. The Balaban J connectivity index is 3.23. The summed E-state index contributed by atoms with van der Waals surface area (Å²) < 4.78 is 0. The van der Waals surface area contributed by atoms with E-state index in [1.54, 1.807) is 0 Å². The van der Waals surface area contributed by atoms with Gasteiger partial charge in [-0.2, -0.15) is 0 Å². The molecule has 2 aromatic rings. The molecule has 0 fully saturated rings. The fraction of sp³-hybridized carbons (Fsp3) is 0. The van der Waals surface area contributed by atoms with Crippen molar-refractivity contribution >= 4 is 39.8 Å². The molecule has 0 radical (unpaired) electrons. The van der Waals surface area contributed by atoms with Crippen LogP contribution in [0.25, 0.3) is 10.9 Å². The Morgan fingerprint density at radius 1 is 1.26 bits per heavy atom. The number of fused-ring (bicyclic) bond motifs is 1. The van der Waals surface area contributed by atoms with Crippen LogP contribution in [-0.2, 0) is 0 Å². The molecule has 0 spiro atoms. The first-order valence-corrected chi connectivity index (χ1v) is 5.51. The second-order valence-corrected chi connectivity index (χ2v) is 4.33. The van der Waals surface area contributed by atoms with Crippen LogP contribution in [0.3, 0.4) is 0 Å². The minimum atomic E-state index is -1.05. The Kier molecular flexibility index (Phi) is 3.17. The van der Waals surface area contributed by atoms with E-state index in [0.717, 1.165) is 6.07 Å². The Labute approximate surface area is 114 Å². The highest BCUT2D eigenvalue weighted by Crippen LogP contribution is 2.40. The molecule has 1 aromatic carbocycles. The first-order chi connectivity index (χ1) is 8.82. The molecular weight excluding hydrogens is 299 g/mol. The first kappa shape index (κ1) is 13.3. The van der Waals surface area contributed by atoms with E-state index in [1.165, 1.54) is 0 Å². The number of benzene rings is 1. The van der Waals surface area contributed by atoms with Crippen LogP contribution >= 0.6 is 23.2 Å². The van der Waals surface area contributed by atoms with Crippen molar-refractivity contribution in [2.75, 3.05) is 0 Å². The summed E-state index contributed by atoms with van der Waals surface area (Å²) in [6.07, 6.45) is 0. The van der Waals surface area contributed by atoms with Crippen LogP contribution in [-0.4, -0.2) is 15.0 Å². The number of aromatic nitrogens is 1. The molecule has 2 rings (SSSR count). The van der Waals surface area contributed by atoms with E-state index in [1.807, 2.05) is 0 Å². The highest BCUT2D eigenvalue weighted by molar-refractivity contribution is 6.44. The number of aromatic hydroxyl groups is 1. The number of nitro groups is 1. The number of H-pyrrole nitrogens is 1. The fourth-order valence-electron chi connectivity index (χ4n) is 1.59. The van der Waals surface area contributed by atoms with E-state index in [-0.39, 0.29) is 15.9 Å². The summed E-state index contributed by atoms with van der Waals surface area (Å²) in [5.74, 6) is -0.733. The molecule has 0 aliphatic carbocycles. The number of nitrogens with one attached hydrogen (secondary N) is 1. The van der Waals surface area contributed by atoms with Crippen molar-refractivity contribution in [3.63, 3.8) is 0 Å². The van der Waals surface area contributed by atoms with Gasteiger partial charge < -0.3 is 10.1 Å². The Morgan fingerprint density at radius 2 is 1.89 bits per heavy atom. The standard InChI is InChI=1S/C10H4Cl2N2O5/c11-3-1-4-7(9(8(3)12)14(18)19)5(15)2-6(16)10(17)13-4/h1-2,15H,(H,13,16,17). The van der Waals surface area contributed by atoms with Crippen LogP contribution in [0.15, 0.2) is 21.7 Å². The minimum Gasteiger partial charge on any atom is -0.507 e.